The largest absolute Gasteiger partial charge is 0.476 e. The molecule has 0 fully saturated rings. The maximum atomic E-state index is 13.2. The van der Waals surface area contributed by atoms with Gasteiger partial charge in [0.15, 0.2) is 12.4 Å². The number of carbonyl (C=O) groups is 1. The summed E-state index contributed by atoms with van der Waals surface area (Å²) in [5.74, 6) is 0.0745. The molecule has 6 nitrogen and oxygen atoms in total. The van der Waals surface area contributed by atoms with Crippen molar-refractivity contribution in [3.05, 3.63) is 81.2 Å². The number of ether oxygens (including phenoxy) is 1. The van der Waals surface area contributed by atoms with E-state index in [4.69, 9.17) is 13.6 Å². The summed E-state index contributed by atoms with van der Waals surface area (Å²) in [5, 5.41) is 3.21. The van der Waals surface area contributed by atoms with Gasteiger partial charge in [-0.25, -0.2) is 0 Å². The molecule has 0 aliphatic rings. The first-order valence-electron chi connectivity index (χ1n) is 9.95. The van der Waals surface area contributed by atoms with Crippen molar-refractivity contribution in [3.63, 3.8) is 0 Å². The van der Waals surface area contributed by atoms with E-state index < -0.39 is 0 Å². The zero-order valence-corrected chi connectivity index (χ0v) is 17.9. The molecule has 6 heteroatoms. The molecular formula is C25H23NO5. The Hall–Kier alpha value is -3.80. The van der Waals surface area contributed by atoms with Gasteiger partial charge < -0.3 is 18.9 Å². The van der Waals surface area contributed by atoms with Crippen molar-refractivity contribution in [2.24, 2.45) is 0 Å². The number of rotatable bonds is 5. The molecule has 2 aromatic carbocycles. The summed E-state index contributed by atoms with van der Waals surface area (Å²) in [4.78, 5) is 25.7. The molecule has 1 amide bonds. The summed E-state index contributed by atoms with van der Waals surface area (Å²) >= 11 is 0. The predicted octanol–water partition coefficient (Wildman–Crippen LogP) is 5.30. The second-order valence-electron chi connectivity index (χ2n) is 7.65. The highest BCUT2D eigenvalue weighted by atomic mass is 16.5. The normalized spacial score (nSPS) is 11.0. The quantitative estimate of drug-likeness (QED) is 0.476. The predicted molar refractivity (Wildman–Crippen MR) is 120 cm³/mol. The molecule has 0 spiro atoms. The first kappa shape index (κ1) is 20.5. The minimum atomic E-state index is -0.378. The van der Waals surface area contributed by atoms with Gasteiger partial charge in [-0.05, 0) is 74.7 Å². The lowest BCUT2D eigenvalue weighted by molar-refractivity contribution is -0.118. The van der Waals surface area contributed by atoms with Gasteiger partial charge in [0.2, 0.25) is 16.9 Å². The van der Waals surface area contributed by atoms with Crippen LogP contribution in [0.15, 0.2) is 62.4 Å². The number of amides is 1. The van der Waals surface area contributed by atoms with Crippen molar-refractivity contribution in [2.75, 3.05) is 11.9 Å². The second-order valence-corrected chi connectivity index (χ2v) is 7.65. The lowest BCUT2D eigenvalue weighted by Gasteiger charge is -2.12. The van der Waals surface area contributed by atoms with Gasteiger partial charge >= 0.3 is 0 Å². The van der Waals surface area contributed by atoms with Gasteiger partial charge in [-0.2, -0.15) is 0 Å². The Balaban J connectivity index is 1.68. The van der Waals surface area contributed by atoms with Crippen molar-refractivity contribution in [1.82, 2.24) is 0 Å². The van der Waals surface area contributed by atoms with Crippen LogP contribution in [-0.2, 0) is 4.79 Å². The van der Waals surface area contributed by atoms with Crippen LogP contribution in [0, 0.1) is 27.7 Å². The Kier molecular flexibility index (Phi) is 5.38. The van der Waals surface area contributed by atoms with Crippen LogP contribution in [0.2, 0.25) is 0 Å². The number of carbonyl (C=O) groups excluding carboxylic acids is 1. The molecule has 4 rings (SSSR count). The van der Waals surface area contributed by atoms with E-state index in [-0.39, 0.29) is 29.5 Å². The molecule has 0 bridgehead atoms. The first-order chi connectivity index (χ1) is 14.8. The fourth-order valence-corrected chi connectivity index (χ4v) is 3.41. The summed E-state index contributed by atoms with van der Waals surface area (Å²) in [5.41, 5.74) is 4.80. The number of fused-ring (bicyclic) bond motifs is 1. The molecule has 0 aliphatic carbocycles. The van der Waals surface area contributed by atoms with Gasteiger partial charge in [-0.1, -0.05) is 17.7 Å². The van der Waals surface area contributed by atoms with E-state index in [2.05, 4.69) is 5.32 Å². The highest BCUT2D eigenvalue weighted by Crippen LogP contribution is 2.32. The van der Waals surface area contributed by atoms with Gasteiger partial charge in [0.05, 0.1) is 11.6 Å². The van der Waals surface area contributed by atoms with E-state index >= 15 is 0 Å². The Labute approximate surface area is 179 Å². The summed E-state index contributed by atoms with van der Waals surface area (Å²) < 4.78 is 17.1. The van der Waals surface area contributed by atoms with Crippen molar-refractivity contribution in [2.45, 2.75) is 27.7 Å². The van der Waals surface area contributed by atoms with Crippen molar-refractivity contribution in [1.29, 1.82) is 0 Å². The maximum Gasteiger partial charge on any atom is 0.262 e. The Morgan fingerprint density at radius 1 is 1.00 bits per heavy atom. The van der Waals surface area contributed by atoms with E-state index in [0.717, 1.165) is 22.3 Å². The highest BCUT2D eigenvalue weighted by Gasteiger charge is 2.21. The summed E-state index contributed by atoms with van der Waals surface area (Å²) in [6, 6.07) is 12.7. The molecule has 31 heavy (non-hydrogen) atoms. The fourth-order valence-electron chi connectivity index (χ4n) is 3.41. The zero-order chi connectivity index (χ0) is 22.1. The van der Waals surface area contributed by atoms with Gasteiger partial charge in [-0.15, -0.1) is 0 Å². The lowest BCUT2D eigenvalue weighted by atomic mass is 10.1. The standard InChI is InChI=1S/C25H23NO5/c1-14-7-8-19(17(4)10-14)26-22(27)13-30-25-23(28)18-11-15(2)16(3)12-21(18)31-24(25)20-6-5-9-29-20/h5-12H,13H2,1-4H3,(H,26,27). The molecule has 0 aliphatic heterocycles. The molecule has 2 heterocycles. The molecule has 0 radical (unpaired) electrons. The minimum absolute atomic E-state index is 0.0542. The van der Waals surface area contributed by atoms with Crippen molar-refractivity contribution in [3.8, 4) is 17.3 Å². The number of hydrogen-bond donors (Lipinski definition) is 1. The number of hydrogen-bond acceptors (Lipinski definition) is 5. The van der Waals surface area contributed by atoms with Crippen molar-refractivity contribution >= 4 is 22.6 Å². The summed E-state index contributed by atoms with van der Waals surface area (Å²) in [6.45, 7) is 7.43. The van der Waals surface area contributed by atoms with E-state index in [1.165, 1.54) is 6.26 Å². The van der Waals surface area contributed by atoms with E-state index in [1.54, 1.807) is 18.2 Å². The van der Waals surface area contributed by atoms with Crippen LogP contribution in [0.1, 0.15) is 22.3 Å². The Morgan fingerprint density at radius 2 is 1.77 bits per heavy atom. The van der Waals surface area contributed by atoms with Crippen LogP contribution >= 0.6 is 0 Å². The number of anilines is 1. The summed E-state index contributed by atoms with van der Waals surface area (Å²) in [7, 11) is 0. The third-order valence-electron chi connectivity index (χ3n) is 5.21. The van der Waals surface area contributed by atoms with E-state index in [1.807, 2.05) is 52.0 Å². The smallest absolute Gasteiger partial charge is 0.262 e. The van der Waals surface area contributed by atoms with Gasteiger partial charge in [-0.3, -0.25) is 9.59 Å². The maximum absolute atomic E-state index is 13.2. The molecule has 2 aromatic heterocycles. The first-order valence-corrected chi connectivity index (χ1v) is 9.95. The fraction of sp³-hybridized carbons (Fsp3) is 0.200. The number of furan rings is 1. The molecular weight excluding hydrogens is 394 g/mol. The van der Waals surface area contributed by atoms with Crippen LogP contribution in [0.5, 0.6) is 5.75 Å². The topological polar surface area (TPSA) is 81.7 Å². The van der Waals surface area contributed by atoms with Crippen LogP contribution in [0.4, 0.5) is 5.69 Å². The van der Waals surface area contributed by atoms with Gasteiger partial charge in [0.25, 0.3) is 5.91 Å². The number of aryl methyl sites for hydroxylation is 4. The van der Waals surface area contributed by atoms with Crippen LogP contribution in [-0.4, -0.2) is 12.5 Å². The highest BCUT2D eigenvalue weighted by molar-refractivity contribution is 5.93. The number of benzene rings is 2. The van der Waals surface area contributed by atoms with Gasteiger partial charge in [0.1, 0.15) is 5.58 Å². The van der Waals surface area contributed by atoms with Crippen molar-refractivity contribution < 1.29 is 18.4 Å². The Morgan fingerprint density at radius 3 is 2.48 bits per heavy atom. The molecule has 0 saturated carbocycles. The minimum Gasteiger partial charge on any atom is -0.476 e. The average molecular weight is 417 g/mol. The lowest BCUT2D eigenvalue weighted by Crippen LogP contribution is -2.23. The molecule has 0 unspecified atom stereocenters. The zero-order valence-electron chi connectivity index (χ0n) is 17.9. The van der Waals surface area contributed by atoms with Crippen LogP contribution < -0.4 is 15.5 Å². The number of nitrogens with one attached hydrogen (secondary N) is 1. The average Bonchev–Trinajstić information content (AvgIpc) is 3.25. The molecule has 158 valence electrons. The van der Waals surface area contributed by atoms with Crippen LogP contribution in [0.25, 0.3) is 22.5 Å². The molecule has 4 aromatic rings. The van der Waals surface area contributed by atoms with E-state index in [9.17, 15) is 9.59 Å². The third-order valence-corrected chi connectivity index (χ3v) is 5.21. The van der Waals surface area contributed by atoms with E-state index in [0.29, 0.717) is 22.4 Å². The third kappa shape index (κ3) is 4.10. The SMILES string of the molecule is Cc1ccc(NC(=O)COc2c(-c3ccco3)oc3cc(C)c(C)cc3c2=O)c(C)c1. The monoisotopic (exact) mass is 417 g/mol. The van der Waals surface area contributed by atoms with Gasteiger partial charge in [0, 0.05) is 5.69 Å². The Bertz CT molecular complexity index is 1330. The molecule has 0 atom stereocenters. The molecule has 1 N–H and O–H groups in total. The molecule has 0 saturated heterocycles. The second kappa shape index (κ2) is 8.14. The summed E-state index contributed by atoms with van der Waals surface area (Å²) in [6.07, 6.45) is 1.48. The van der Waals surface area contributed by atoms with Crippen LogP contribution in [0.3, 0.4) is 0 Å².